The van der Waals surface area contributed by atoms with Gasteiger partial charge in [0.1, 0.15) is 0 Å². The van der Waals surface area contributed by atoms with Gasteiger partial charge in [0, 0.05) is 4.47 Å². The van der Waals surface area contributed by atoms with Gasteiger partial charge < -0.3 is 0 Å². The van der Waals surface area contributed by atoms with Crippen LogP contribution < -0.4 is 0 Å². The molecule has 1 aromatic carbocycles. The van der Waals surface area contributed by atoms with Crippen molar-refractivity contribution in [1.82, 2.24) is 0 Å². The molecule has 0 aliphatic rings. The molecular formula is C11H12BrN. The molecule has 0 aromatic heterocycles. The summed E-state index contributed by atoms with van der Waals surface area (Å²) < 4.78 is 1.14. The third-order valence-electron chi connectivity index (χ3n) is 2.15. The summed E-state index contributed by atoms with van der Waals surface area (Å²) in [6.45, 7) is 6.01. The van der Waals surface area contributed by atoms with Gasteiger partial charge in [-0.1, -0.05) is 28.1 Å². The van der Waals surface area contributed by atoms with E-state index in [1.54, 1.807) is 0 Å². The van der Waals surface area contributed by atoms with Gasteiger partial charge in [0.15, 0.2) is 0 Å². The smallest absolute Gasteiger partial charge is 0.0700 e. The summed E-state index contributed by atoms with van der Waals surface area (Å²) in [5.74, 6) is -0.0227. The normalized spacial score (nSPS) is 12.2. The highest BCUT2D eigenvalue weighted by Gasteiger charge is 2.07. The lowest BCUT2D eigenvalue weighted by atomic mass is 9.98. The van der Waals surface area contributed by atoms with Crippen LogP contribution in [0.25, 0.3) is 0 Å². The maximum Gasteiger partial charge on any atom is 0.0700 e. The number of benzene rings is 1. The summed E-state index contributed by atoms with van der Waals surface area (Å²) in [4.78, 5) is 0. The second kappa shape index (κ2) is 3.93. The molecule has 1 rings (SSSR count). The quantitative estimate of drug-likeness (QED) is 0.731. The van der Waals surface area contributed by atoms with E-state index in [1.165, 1.54) is 11.1 Å². The van der Waals surface area contributed by atoms with Crippen molar-refractivity contribution in [2.24, 2.45) is 0 Å². The van der Waals surface area contributed by atoms with Gasteiger partial charge in [0.05, 0.1) is 12.0 Å². The highest BCUT2D eigenvalue weighted by Crippen LogP contribution is 2.25. The van der Waals surface area contributed by atoms with Gasteiger partial charge in [-0.3, -0.25) is 0 Å². The Morgan fingerprint density at radius 2 is 1.77 bits per heavy atom. The number of rotatable bonds is 1. The Hall–Kier alpha value is -0.810. The van der Waals surface area contributed by atoms with E-state index in [9.17, 15) is 0 Å². The maximum absolute atomic E-state index is 8.78. The first-order chi connectivity index (χ1) is 6.06. The summed E-state index contributed by atoms with van der Waals surface area (Å²) in [6, 6.07) is 6.36. The Labute approximate surface area is 87.5 Å². The molecule has 0 spiro atoms. The lowest BCUT2D eigenvalue weighted by Gasteiger charge is -2.08. The van der Waals surface area contributed by atoms with Crippen LogP contribution in [0, 0.1) is 25.2 Å². The minimum Gasteiger partial charge on any atom is -0.198 e. The molecule has 0 bridgehead atoms. The van der Waals surface area contributed by atoms with Crippen molar-refractivity contribution < 1.29 is 0 Å². The average molecular weight is 238 g/mol. The lowest BCUT2D eigenvalue weighted by Crippen LogP contribution is -1.93. The largest absolute Gasteiger partial charge is 0.198 e. The van der Waals surface area contributed by atoms with Crippen molar-refractivity contribution in [3.8, 4) is 6.07 Å². The highest BCUT2D eigenvalue weighted by molar-refractivity contribution is 9.10. The molecule has 0 aliphatic carbocycles. The van der Waals surface area contributed by atoms with Crippen LogP contribution >= 0.6 is 15.9 Å². The molecule has 1 aromatic rings. The molecule has 0 N–H and O–H groups in total. The first-order valence-corrected chi connectivity index (χ1v) is 5.01. The number of aryl methyl sites for hydroxylation is 2. The monoisotopic (exact) mass is 237 g/mol. The zero-order valence-corrected chi connectivity index (χ0v) is 9.64. The average Bonchev–Trinajstić information content (AvgIpc) is 2.12. The molecule has 0 radical (unpaired) electrons. The Kier molecular flexibility index (Phi) is 3.11. The predicted octanol–water partition coefficient (Wildman–Crippen LogP) is 3.69. The van der Waals surface area contributed by atoms with E-state index in [0.29, 0.717) is 0 Å². The number of hydrogen-bond donors (Lipinski definition) is 0. The Balaban J connectivity index is 3.22. The molecule has 1 atom stereocenters. The van der Waals surface area contributed by atoms with Crippen molar-refractivity contribution in [2.75, 3.05) is 0 Å². The topological polar surface area (TPSA) is 23.8 Å². The molecule has 0 saturated carbocycles. The standard InChI is InChI=1S/C11H12BrN/c1-7-4-10(9(3)6-13)5-8(2)11(7)12/h4-5,9H,1-3H3. The van der Waals surface area contributed by atoms with Crippen LogP contribution in [0.15, 0.2) is 16.6 Å². The van der Waals surface area contributed by atoms with Crippen molar-refractivity contribution in [1.29, 1.82) is 5.26 Å². The van der Waals surface area contributed by atoms with E-state index in [-0.39, 0.29) is 5.92 Å². The minimum absolute atomic E-state index is 0.0227. The number of halogens is 1. The molecular weight excluding hydrogens is 226 g/mol. The number of nitriles is 1. The highest BCUT2D eigenvalue weighted by atomic mass is 79.9. The second-order valence-electron chi connectivity index (χ2n) is 3.32. The van der Waals surface area contributed by atoms with Gasteiger partial charge in [-0.05, 0) is 37.5 Å². The number of hydrogen-bond acceptors (Lipinski definition) is 1. The van der Waals surface area contributed by atoms with Gasteiger partial charge in [-0.15, -0.1) is 0 Å². The summed E-state index contributed by atoms with van der Waals surface area (Å²) >= 11 is 3.50. The van der Waals surface area contributed by atoms with Gasteiger partial charge in [-0.2, -0.15) is 5.26 Å². The molecule has 1 unspecified atom stereocenters. The van der Waals surface area contributed by atoms with Crippen LogP contribution in [0.5, 0.6) is 0 Å². The fourth-order valence-corrected chi connectivity index (χ4v) is 1.53. The molecule has 68 valence electrons. The third-order valence-corrected chi connectivity index (χ3v) is 3.40. The summed E-state index contributed by atoms with van der Waals surface area (Å²) in [6.07, 6.45) is 0. The summed E-state index contributed by atoms with van der Waals surface area (Å²) in [5, 5.41) is 8.78. The van der Waals surface area contributed by atoms with Gasteiger partial charge in [-0.25, -0.2) is 0 Å². The zero-order chi connectivity index (χ0) is 10.0. The molecule has 0 amide bonds. The van der Waals surface area contributed by atoms with E-state index in [4.69, 9.17) is 5.26 Å². The maximum atomic E-state index is 8.78. The van der Waals surface area contributed by atoms with Crippen LogP contribution in [0.2, 0.25) is 0 Å². The van der Waals surface area contributed by atoms with Crippen LogP contribution in [-0.4, -0.2) is 0 Å². The van der Waals surface area contributed by atoms with E-state index in [2.05, 4.69) is 34.1 Å². The first kappa shape index (κ1) is 10.3. The van der Waals surface area contributed by atoms with E-state index >= 15 is 0 Å². The minimum atomic E-state index is -0.0227. The second-order valence-corrected chi connectivity index (χ2v) is 4.11. The summed E-state index contributed by atoms with van der Waals surface area (Å²) in [7, 11) is 0. The fraction of sp³-hybridized carbons (Fsp3) is 0.364. The predicted molar refractivity (Wildman–Crippen MR) is 57.6 cm³/mol. The summed E-state index contributed by atoms with van der Waals surface area (Å²) in [5.41, 5.74) is 3.48. The molecule has 1 nitrogen and oxygen atoms in total. The Morgan fingerprint density at radius 1 is 1.31 bits per heavy atom. The van der Waals surface area contributed by atoms with Crippen molar-refractivity contribution in [3.63, 3.8) is 0 Å². The van der Waals surface area contributed by atoms with Crippen LogP contribution in [-0.2, 0) is 0 Å². The molecule has 2 heteroatoms. The molecule has 0 aliphatic heterocycles. The van der Waals surface area contributed by atoms with Crippen LogP contribution in [0.1, 0.15) is 29.5 Å². The SMILES string of the molecule is Cc1cc(C(C)C#N)cc(C)c1Br. The van der Waals surface area contributed by atoms with Gasteiger partial charge in [0.25, 0.3) is 0 Å². The van der Waals surface area contributed by atoms with E-state index < -0.39 is 0 Å². The van der Waals surface area contributed by atoms with E-state index in [0.717, 1.165) is 10.0 Å². The van der Waals surface area contributed by atoms with Gasteiger partial charge in [0.2, 0.25) is 0 Å². The van der Waals surface area contributed by atoms with Gasteiger partial charge >= 0.3 is 0 Å². The third kappa shape index (κ3) is 2.10. The zero-order valence-electron chi connectivity index (χ0n) is 8.06. The lowest BCUT2D eigenvalue weighted by molar-refractivity contribution is 0.973. The Morgan fingerprint density at radius 3 is 2.15 bits per heavy atom. The molecule has 13 heavy (non-hydrogen) atoms. The van der Waals surface area contributed by atoms with Crippen LogP contribution in [0.4, 0.5) is 0 Å². The molecule has 0 heterocycles. The van der Waals surface area contributed by atoms with Crippen molar-refractivity contribution >= 4 is 15.9 Å². The van der Waals surface area contributed by atoms with Crippen LogP contribution in [0.3, 0.4) is 0 Å². The van der Waals surface area contributed by atoms with E-state index in [1.807, 2.05) is 20.8 Å². The first-order valence-electron chi connectivity index (χ1n) is 4.22. The fourth-order valence-electron chi connectivity index (χ4n) is 1.30. The number of nitrogens with zero attached hydrogens (tertiary/aromatic N) is 1. The van der Waals surface area contributed by atoms with Crippen molar-refractivity contribution in [3.05, 3.63) is 33.3 Å². The molecule has 0 fully saturated rings. The van der Waals surface area contributed by atoms with Crippen molar-refractivity contribution in [2.45, 2.75) is 26.7 Å². The molecule has 0 saturated heterocycles. The Bertz CT molecular complexity index is 340.